The summed E-state index contributed by atoms with van der Waals surface area (Å²) in [4.78, 5) is 12.5. The lowest BCUT2D eigenvalue weighted by Gasteiger charge is -2.02. The first kappa shape index (κ1) is 14.8. The van der Waals surface area contributed by atoms with Crippen LogP contribution >= 0.6 is 11.3 Å². The van der Waals surface area contributed by atoms with Gasteiger partial charge in [-0.2, -0.15) is 0 Å². The van der Waals surface area contributed by atoms with E-state index in [-0.39, 0.29) is 11.7 Å². The van der Waals surface area contributed by atoms with Crippen molar-refractivity contribution >= 4 is 42.9 Å². The van der Waals surface area contributed by atoms with E-state index in [4.69, 9.17) is 5.73 Å². The molecule has 1 heterocycles. The molecule has 2 aromatic rings. The maximum Gasteiger partial charge on any atom is 0.261 e. The van der Waals surface area contributed by atoms with E-state index in [2.05, 4.69) is 5.32 Å². The van der Waals surface area contributed by atoms with Crippen LogP contribution in [0, 0.1) is 0 Å². The second-order valence-electron chi connectivity index (χ2n) is 4.65. The van der Waals surface area contributed by atoms with Crippen LogP contribution in [0.5, 0.6) is 0 Å². The van der Waals surface area contributed by atoms with Gasteiger partial charge in [-0.3, -0.25) is 4.79 Å². The highest BCUT2D eigenvalue weighted by Gasteiger charge is 2.10. The quantitative estimate of drug-likeness (QED) is 0.649. The fourth-order valence-electron chi connectivity index (χ4n) is 1.80. The van der Waals surface area contributed by atoms with Crippen LogP contribution in [0.2, 0.25) is 0 Å². The van der Waals surface area contributed by atoms with Crippen molar-refractivity contribution in [1.29, 1.82) is 0 Å². The normalized spacial score (nSPS) is 11.7. The molecule has 0 aliphatic rings. The molecule has 3 N–H and O–H groups in total. The number of carbonyl (C=O) groups is 1. The first-order chi connectivity index (χ1) is 9.35. The number of sulfone groups is 1. The van der Waals surface area contributed by atoms with Gasteiger partial charge in [-0.1, -0.05) is 0 Å². The molecule has 2 rings (SSSR count). The van der Waals surface area contributed by atoms with E-state index in [9.17, 15) is 13.2 Å². The molecule has 0 saturated heterocycles. The Bertz CT molecular complexity index is 735. The van der Waals surface area contributed by atoms with Crippen molar-refractivity contribution in [1.82, 2.24) is 5.32 Å². The molecule has 5 nitrogen and oxygen atoms in total. The van der Waals surface area contributed by atoms with Crippen molar-refractivity contribution in [3.8, 4) is 0 Å². The van der Waals surface area contributed by atoms with E-state index in [1.807, 2.05) is 12.1 Å². The van der Waals surface area contributed by atoms with E-state index in [0.29, 0.717) is 23.5 Å². The number of nitrogens with one attached hydrogen (secondary N) is 1. The first-order valence-electron chi connectivity index (χ1n) is 6.10. The van der Waals surface area contributed by atoms with E-state index < -0.39 is 9.84 Å². The molecule has 0 spiro atoms. The summed E-state index contributed by atoms with van der Waals surface area (Å²) in [5, 5.41) is 3.66. The van der Waals surface area contributed by atoms with Crippen LogP contribution in [-0.2, 0) is 9.84 Å². The summed E-state index contributed by atoms with van der Waals surface area (Å²) in [6, 6.07) is 7.30. The summed E-state index contributed by atoms with van der Waals surface area (Å²) < 4.78 is 22.9. The van der Waals surface area contributed by atoms with Crippen molar-refractivity contribution in [3.63, 3.8) is 0 Å². The summed E-state index contributed by atoms with van der Waals surface area (Å²) >= 11 is 1.39. The van der Waals surface area contributed by atoms with Gasteiger partial charge < -0.3 is 11.1 Å². The van der Waals surface area contributed by atoms with Crippen LogP contribution in [0.15, 0.2) is 24.3 Å². The van der Waals surface area contributed by atoms with Gasteiger partial charge in [0.25, 0.3) is 5.91 Å². The van der Waals surface area contributed by atoms with E-state index >= 15 is 0 Å². The third kappa shape index (κ3) is 3.94. The Morgan fingerprint density at radius 1 is 1.35 bits per heavy atom. The van der Waals surface area contributed by atoms with Crippen LogP contribution in [0.4, 0.5) is 5.69 Å². The number of rotatable bonds is 5. The molecule has 0 atom stereocenters. The van der Waals surface area contributed by atoms with Gasteiger partial charge in [0.1, 0.15) is 9.84 Å². The minimum atomic E-state index is -2.97. The summed E-state index contributed by atoms with van der Waals surface area (Å²) in [5.74, 6) is -0.103. The molecule has 108 valence electrons. The summed E-state index contributed by atoms with van der Waals surface area (Å²) in [6.07, 6.45) is 1.60. The lowest BCUT2D eigenvalue weighted by molar-refractivity contribution is 0.0958. The van der Waals surface area contributed by atoms with Gasteiger partial charge in [0.15, 0.2) is 0 Å². The maximum atomic E-state index is 11.9. The zero-order chi connectivity index (χ0) is 14.8. The summed E-state index contributed by atoms with van der Waals surface area (Å²) in [6.45, 7) is 0.349. The molecular weight excluding hydrogens is 296 g/mol. The molecule has 0 bridgehead atoms. The zero-order valence-electron chi connectivity index (χ0n) is 11.0. The highest BCUT2D eigenvalue weighted by molar-refractivity contribution is 7.90. The molecule has 1 aromatic carbocycles. The lowest BCUT2D eigenvalue weighted by atomic mass is 10.2. The van der Waals surface area contributed by atoms with Gasteiger partial charge in [-0.25, -0.2) is 8.42 Å². The van der Waals surface area contributed by atoms with Crippen LogP contribution in [0.25, 0.3) is 10.1 Å². The second-order valence-corrected chi connectivity index (χ2v) is 7.99. The fourth-order valence-corrected chi connectivity index (χ4v) is 3.43. The summed E-state index contributed by atoms with van der Waals surface area (Å²) in [5.41, 5.74) is 6.36. The predicted octanol–water partition coefficient (Wildman–Crippen LogP) is 1.65. The van der Waals surface area contributed by atoms with Crippen molar-refractivity contribution in [2.75, 3.05) is 24.3 Å². The Labute approximate surface area is 121 Å². The van der Waals surface area contributed by atoms with E-state index in [0.717, 1.165) is 10.1 Å². The zero-order valence-corrected chi connectivity index (χ0v) is 12.7. The third-order valence-electron chi connectivity index (χ3n) is 2.74. The number of fused-ring (bicyclic) bond motifs is 1. The monoisotopic (exact) mass is 312 g/mol. The van der Waals surface area contributed by atoms with Gasteiger partial charge in [0.2, 0.25) is 0 Å². The van der Waals surface area contributed by atoms with Crippen molar-refractivity contribution in [2.45, 2.75) is 6.42 Å². The molecule has 20 heavy (non-hydrogen) atoms. The molecule has 1 aromatic heterocycles. The SMILES string of the molecule is CS(=O)(=O)CCCNC(=O)c1cc2cc(N)ccc2s1. The van der Waals surface area contributed by atoms with Gasteiger partial charge in [0.05, 0.1) is 10.6 Å². The number of benzene rings is 1. The number of anilines is 1. The number of carbonyl (C=O) groups excluding carboxylic acids is 1. The number of hydrogen-bond donors (Lipinski definition) is 2. The highest BCUT2D eigenvalue weighted by Crippen LogP contribution is 2.27. The smallest absolute Gasteiger partial charge is 0.261 e. The number of thiophene rings is 1. The predicted molar refractivity (Wildman–Crippen MR) is 82.9 cm³/mol. The number of nitrogen functional groups attached to an aromatic ring is 1. The van der Waals surface area contributed by atoms with E-state index in [1.165, 1.54) is 17.6 Å². The molecule has 0 saturated carbocycles. The summed E-state index contributed by atoms with van der Waals surface area (Å²) in [7, 11) is -2.97. The third-order valence-corrected chi connectivity index (χ3v) is 4.89. The standard InChI is InChI=1S/C13H16N2O3S2/c1-20(17,18)6-2-5-15-13(16)12-8-9-7-10(14)3-4-11(9)19-12/h3-4,7-8H,2,5-6,14H2,1H3,(H,15,16). The van der Waals surface area contributed by atoms with Crippen LogP contribution in [0.3, 0.4) is 0 Å². The van der Waals surface area contributed by atoms with Crippen LogP contribution < -0.4 is 11.1 Å². The minimum absolute atomic E-state index is 0.0796. The van der Waals surface area contributed by atoms with Crippen LogP contribution in [0.1, 0.15) is 16.1 Å². The number of amides is 1. The van der Waals surface area contributed by atoms with E-state index in [1.54, 1.807) is 12.1 Å². The molecule has 1 amide bonds. The van der Waals surface area contributed by atoms with Gasteiger partial charge >= 0.3 is 0 Å². The van der Waals surface area contributed by atoms with Gasteiger partial charge in [0, 0.05) is 23.2 Å². The molecule has 0 fully saturated rings. The Kier molecular flexibility index (Phi) is 4.29. The average Bonchev–Trinajstić information content (AvgIpc) is 2.76. The fraction of sp³-hybridized carbons (Fsp3) is 0.308. The minimum Gasteiger partial charge on any atom is -0.399 e. The molecule has 0 aliphatic carbocycles. The average molecular weight is 312 g/mol. The number of hydrogen-bond acceptors (Lipinski definition) is 5. The highest BCUT2D eigenvalue weighted by atomic mass is 32.2. The molecular formula is C13H16N2O3S2. The molecule has 0 aliphatic heterocycles. The lowest BCUT2D eigenvalue weighted by Crippen LogP contribution is -2.25. The largest absolute Gasteiger partial charge is 0.399 e. The molecule has 7 heteroatoms. The molecule has 0 unspecified atom stereocenters. The van der Waals surface area contributed by atoms with Gasteiger partial charge in [-0.05, 0) is 36.1 Å². The van der Waals surface area contributed by atoms with Crippen molar-refractivity contribution in [2.24, 2.45) is 0 Å². The Morgan fingerprint density at radius 3 is 2.80 bits per heavy atom. The Balaban J connectivity index is 1.97. The molecule has 0 radical (unpaired) electrons. The first-order valence-corrected chi connectivity index (χ1v) is 8.98. The van der Waals surface area contributed by atoms with Crippen molar-refractivity contribution in [3.05, 3.63) is 29.1 Å². The maximum absolute atomic E-state index is 11.9. The van der Waals surface area contributed by atoms with Crippen LogP contribution in [-0.4, -0.2) is 32.9 Å². The topological polar surface area (TPSA) is 89.3 Å². The Morgan fingerprint density at radius 2 is 2.10 bits per heavy atom. The van der Waals surface area contributed by atoms with Crippen molar-refractivity contribution < 1.29 is 13.2 Å². The second kappa shape index (κ2) is 5.80. The van der Waals surface area contributed by atoms with Gasteiger partial charge in [-0.15, -0.1) is 11.3 Å². The Hall–Kier alpha value is -1.60. The number of nitrogens with two attached hydrogens (primary N) is 1.